The van der Waals surface area contributed by atoms with Crippen molar-refractivity contribution in [1.82, 2.24) is 4.98 Å². The zero-order valence-electron chi connectivity index (χ0n) is 11.2. The summed E-state index contributed by atoms with van der Waals surface area (Å²) in [5.41, 5.74) is 4.28. The predicted octanol–water partition coefficient (Wildman–Crippen LogP) is 4.02. The molecule has 0 amide bonds. The van der Waals surface area contributed by atoms with E-state index in [9.17, 15) is 0 Å². The quantitative estimate of drug-likeness (QED) is 0.747. The zero-order valence-corrected chi connectivity index (χ0v) is 11.2. The number of hydrogen-bond acceptors (Lipinski definition) is 1. The van der Waals surface area contributed by atoms with Gasteiger partial charge in [0, 0.05) is 29.8 Å². The van der Waals surface area contributed by atoms with E-state index >= 15 is 0 Å². The molecule has 0 bridgehead atoms. The molecule has 0 fully saturated rings. The molecule has 0 unspecified atom stereocenters. The van der Waals surface area contributed by atoms with Crippen molar-refractivity contribution in [3.8, 4) is 11.8 Å². The monoisotopic (exact) mass is 247 g/mol. The minimum atomic E-state index is 0.821. The van der Waals surface area contributed by atoms with Crippen molar-refractivity contribution in [2.45, 2.75) is 19.8 Å². The predicted molar refractivity (Wildman–Crippen MR) is 80.7 cm³/mol. The lowest BCUT2D eigenvalue weighted by Crippen LogP contribution is -1.90. The second-order valence-electron chi connectivity index (χ2n) is 4.36. The standard InChI is InChI=1S/C18H17N/c1-3-16-10-4-5-11-17(16)12-6-7-13-18-14-8-9-15(2)19-18/h3-5,8-11,14H,1,7,13H2,2H3. The topological polar surface area (TPSA) is 12.9 Å². The number of pyridine rings is 1. The number of aromatic nitrogens is 1. The summed E-state index contributed by atoms with van der Waals surface area (Å²) in [6, 6.07) is 14.1. The fourth-order valence-electron chi connectivity index (χ4n) is 1.88. The largest absolute Gasteiger partial charge is 0.258 e. The number of hydrogen-bond donors (Lipinski definition) is 0. The Balaban J connectivity index is 2.00. The molecule has 0 saturated heterocycles. The minimum Gasteiger partial charge on any atom is -0.258 e. The first-order chi connectivity index (χ1) is 9.29. The van der Waals surface area contributed by atoms with Crippen LogP contribution in [-0.4, -0.2) is 4.98 Å². The molecule has 1 heteroatoms. The molecule has 2 rings (SSSR count). The molecule has 94 valence electrons. The van der Waals surface area contributed by atoms with Gasteiger partial charge in [-0.15, -0.1) is 0 Å². The normalized spacial score (nSPS) is 9.53. The smallest absolute Gasteiger partial charge is 0.0416 e. The van der Waals surface area contributed by atoms with Crippen molar-refractivity contribution in [3.63, 3.8) is 0 Å². The lowest BCUT2D eigenvalue weighted by molar-refractivity contribution is 0.946. The summed E-state index contributed by atoms with van der Waals surface area (Å²) in [4.78, 5) is 4.47. The van der Waals surface area contributed by atoms with E-state index in [1.165, 1.54) is 0 Å². The average Bonchev–Trinajstić information content (AvgIpc) is 2.44. The molecule has 1 aromatic carbocycles. The number of benzene rings is 1. The molecule has 0 aliphatic heterocycles. The third-order valence-corrected chi connectivity index (χ3v) is 2.86. The summed E-state index contributed by atoms with van der Waals surface area (Å²) in [5, 5.41) is 0. The Labute approximate surface area is 115 Å². The third-order valence-electron chi connectivity index (χ3n) is 2.86. The first kappa shape index (κ1) is 13.1. The first-order valence-corrected chi connectivity index (χ1v) is 6.42. The van der Waals surface area contributed by atoms with Crippen LogP contribution >= 0.6 is 0 Å². The summed E-state index contributed by atoms with van der Waals surface area (Å²) < 4.78 is 0. The van der Waals surface area contributed by atoms with Gasteiger partial charge >= 0.3 is 0 Å². The van der Waals surface area contributed by atoms with Gasteiger partial charge in [0.1, 0.15) is 0 Å². The van der Waals surface area contributed by atoms with Crippen LogP contribution in [0.5, 0.6) is 0 Å². The van der Waals surface area contributed by atoms with E-state index in [1.54, 1.807) is 0 Å². The first-order valence-electron chi connectivity index (χ1n) is 6.42. The summed E-state index contributed by atoms with van der Waals surface area (Å²) in [7, 11) is 0. The van der Waals surface area contributed by atoms with Crippen LogP contribution in [-0.2, 0) is 6.42 Å². The Bertz CT molecular complexity index is 629. The average molecular weight is 247 g/mol. The molecule has 0 aliphatic rings. The van der Waals surface area contributed by atoms with Gasteiger partial charge < -0.3 is 0 Å². The highest BCUT2D eigenvalue weighted by Crippen LogP contribution is 2.08. The molecule has 1 nitrogen and oxygen atoms in total. The Morgan fingerprint density at radius 2 is 2.00 bits per heavy atom. The Kier molecular flexibility index (Phi) is 4.53. The molecule has 1 aromatic heterocycles. The summed E-state index contributed by atoms with van der Waals surface area (Å²) in [5.74, 6) is 6.41. The molecule has 0 atom stereocenters. The molecule has 19 heavy (non-hydrogen) atoms. The van der Waals surface area contributed by atoms with E-state index < -0.39 is 0 Å². The molecule has 1 heterocycles. The van der Waals surface area contributed by atoms with Gasteiger partial charge in [-0.3, -0.25) is 4.98 Å². The Morgan fingerprint density at radius 3 is 2.79 bits per heavy atom. The number of aryl methyl sites for hydroxylation is 2. The third kappa shape index (κ3) is 3.82. The molecule has 0 spiro atoms. The fraction of sp³-hybridized carbons (Fsp3) is 0.167. The van der Waals surface area contributed by atoms with Crippen LogP contribution in [0.4, 0.5) is 0 Å². The zero-order chi connectivity index (χ0) is 13.5. The van der Waals surface area contributed by atoms with Gasteiger partial charge in [-0.25, -0.2) is 0 Å². The molecule has 0 saturated carbocycles. The second kappa shape index (κ2) is 6.56. The summed E-state index contributed by atoms with van der Waals surface area (Å²) >= 11 is 0. The van der Waals surface area contributed by atoms with Crippen LogP contribution in [0.15, 0.2) is 49.0 Å². The van der Waals surface area contributed by atoms with E-state index in [1.807, 2.05) is 55.5 Å². The fourth-order valence-corrected chi connectivity index (χ4v) is 1.88. The Hall–Kier alpha value is -2.33. The highest BCUT2D eigenvalue weighted by atomic mass is 14.7. The van der Waals surface area contributed by atoms with E-state index in [4.69, 9.17) is 0 Å². The maximum atomic E-state index is 4.47. The molecule has 0 N–H and O–H groups in total. The van der Waals surface area contributed by atoms with Crippen LogP contribution in [0.2, 0.25) is 0 Å². The molecule has 2 aromatic rings. The van der Waals surface area contributed by atoms with Crippen LogP contribution in [0.3, 0.4) is 0 Å². The van der Waals surface area contributed by atoms with Crippen molar-refractivity contribution >= 4 is 6.08 Å². The summed E-state index contributed by atoms with van der Waals surface area (Å²) in [6.45, 7) is 5.81. The lowest BCUT2D eigenvalue weighted by atomic mass is 10.1. The maximum Gasteiger partial charge on any atom is 0.0416 e. The highest BCUT2D eigenvalue weighted by molar-refractivity contribution is 5.57. The highest BCUT2D eigenvalue weighted by Gasteiger charge is 1.94. The van der Waals surface area contributed by atoms with Crippen LogP contribution in [0.25, 0.3) is 6.08 Å². The lowest BCUT2D eigenvalue weighted by Gasteiger charge is -1.98. The Morgan fingerprint density at radius 1 is 1.16 bits per heavy atom. The number of rotatable bonds is 3. The molecule has 0 aliphatic carbocycles. The molecule has 0 radical (unpaired) electrons. The van der Waals surface area contributed by atoms with Gasteiger partial charge in [0.2, 0.25) is 0 Å². The van der Waals surface area contributed by atoms with E-state index in [0.717, 1.165) is 35.4 Å². The van der Waals surface area contributed by atoms with Crippen LogP contribution in [0, 0.1) is 18.8 Å². The van der Waals surface area contributed by atoms with Gasteiger partial charge in [-0.05, 0) is 30.7 Å². The number of nitrogens with zero attached hydrogens (tertiary/aromatic N) is 1. The van der Waals surface area contributed by atoms with Crippen molar-refractivity contribution < 1.29 is 0 Å². The van der Waals surface area contributed by atoms with Gasteiger partial charge in [-0.2, -0.15) is 0 Å². The molecular weight excluding hydrogens is 230 g/mol. The van der Waals surface area contributed by atoms with Gasteiger partial charge in [0.15, 0.2) is 0 Å². The summed E-state index contributed by atoms with van der Waals surface area (Å²) in [6.07, 6.45) is 3.55. The van der Waals surface area contributed by atoms with Crippen LogP contribution < -0.4 is 0 Å². The van der Waals surface area contributed by atoms with E-state index in [2.05, 4.69) is 23.4 Å². The van der Waals surface area contributed by atoms with Crippen molar-refractivity contribution in [2.75, 3.05) is 0 Å². The molecular formula is C18H17N. The van der Waals surface area contributed by atoms with Crippen molar-refractivity contribution in [1.29, 1.82) is 0 Å². The minimum absolute atomic E-state index is 0.821. The van der Waals surface area contributed by atoms with Gasteiger partial charge in [0.25, 0.3) is 0 Å². The van der Waals surface area contributed by atoms with E-state index in [0.29, 0.717) is 0 Å². The van der Waals surface area contributed by atoms with Gasteiger partial charge in [-0.1, -0.05) is 48.8 Å². The van der Waals surface area contributed by atoms with E-state index in [-0.39, 0.29) is 0 Å². The second-order valence-corrected chi connectivity index (χ2v) is 4.36. The van der Waals surface area contributed by atoms with Crippen molar-refractivity contribution in [3.05, 3.63) is 71.6 Å². The SMILES string of the molecule is C=Cc1ccccc1C#CCCc1cccc(C)n1. The van der Waals surface area contributed by atoms with Crippen molar-refractivity contribution in [2.24, 2.45) is 0 Å². The van der Waals surface area contributed by atoms with Gasteiger partial charge in [0.05, 0.1) is 0 Å². The maximum absolute atomic E-state index is 4.47. The van der Waals surface area contributed by atoms with Crippen LogP contribution in [0.1, 0.15) is 28.9 Å².